The normalized spacial score (nSPS) is 28.0. The van der Waals surface area contributed by atoms with Gasteiger partial charge in [-0.3, -0.25) is 9.69 Å². The Kier molecular flexibility index (Phi) is 4.73. The maximum Gasteiger partial charge on any atom is 0.243 e. The molecule has 2 aromatic rings. The summed E-state index contributed by atoms with van der Waals surface area (Å²) >= 11 is 0. The third kappa shape index (κ3) is 2.83. The topological polar surface area (TPSA) is 42.0 Å². The van der Waals surface area contributed by atoms with Crippen molar-refractivity contribution >= 4 is 5.91 Å². The SMILES string of the molecule is COc1cccc(CN2C[C@@H]3C[C@@H](c4ccc(OC)c(C)c4)N4CCC[C@@]34C2=O)c1. The Labute approximate surface area is 178 Å². The summed E-state index contributed by atoms with van der Waals surface area (Å²) in [5, 5.41) is 0. The number of hydrogen-bond donors (Lipinski definition) is 0. The molecule has 0 aromatic heterocycles. The van der Waals surface area contributed by atoms with E-state index in [1.54, 1.807) is 14.2 Å². The number of methoxy groups -OCH3 is 2. The van der Waals surface area contributed by atoms with Gasteiger partial charge in [0.25, 0.3) is 0 Å². The van der Waals surface area contributed by atoms with Crippen molar-refractivity contribution in [3.8, 4) is 11.5 Å². The highest BCUT2D eigenvalue weighted by Crippen LogP contribution is 2.56. The molecular formula is C25H30N2O3. The smallest absolute Gasteiger partial charge is 0.243 e. The first-order chi connectivity index (χ1) is 14.6. The molecule has 3 saturated heterocycles. The maximum atomic E-state index is 13.7. The van der Waals surface area contributed by atoms with Crippen LogP contribution in [0, 0.1) is 12.8 Å². The average molecular weight is 407 g/mol. The van der Waals surface area contributed by atoms with E-state index in [0.717, 1.165) is 55.0 Å². The van der Waals surface area contributed by atoms with Gasteiger partial charge in [-0.1, -0.05) is 24.3 Å². The summed E-state index contributed by atoms with van der Waals surface area (Å²) in [4.78, 5) is 18.3. The van der Waals surface area contributed by atoms with Crippen LogP contribution in [-0.4, -0.2) is 48.6 Å². The lowest BCUT2D eigenvalue weighted by atomic mass is 9.85. The van der Waals surface area contributed by atoms with E-state index < -0.39 is 0 Å². The van der Waals surface area contributed by atoms with Gasteiger partial charge in [0, 0.05) is 25.0 Å². The fourth-order valence-electron chi connectivity index (χ4n) is 6.13. The van der Waals surface area contributed by atoms with Crippen molar-refractivity contribution in [2.45, 2.75) is 44.3 Å². The van der Waals surface area contributed by atoms with Gasteiger partial charge in [-0.25, -0.2) is 0 Å². The van der Waals surface area contributed by atoms with E-state index in [0.29, 0.717) is 24.4 Å². The predicted octanol–water partition coefficient (Wildman–Crippen LogP) is 3.95. The lowest BCUT2D eigenvalue weighted by Gasteiger charge is -2.34. The fourth-order valence-corrected chi connectivity index (χ4v) is 6.13. The fraction of sp³-hybridized carbons (Fsp3) is 0.480. The zero-order chi connectivity index (χ0) is 20.9. The van der Waals surface area contributed by atoms with Crippen LogP contribution < -0.4 is 9.47 Å². The minimum absolute atomic E-state index is 0.308. The Morgan fingerprint density at radius 1 is 1.13 bits per heavy atom. The number of ether oxygens (including phenoxy) is 2. The second-order valence-corrected chi connectivity index (χ2v) is 8.94. The second kappa shape index (κ2) is 7.31. The first-order valence-electron chi connectivity index (χ1n) is 10.9. The van der Waals surface area contributed by atoms with E-state index in [1.807, 2.05) is 18.2 Å². The van der Waals surface area contributed by atoms with Gasteiger partial charge in [0.05, 0.1) is 14.2 Å². The molecule has 0 unspecified atom stereocenters. The second-order valence-electron chi connectivity index (χ2n) is 8.94. The highest BCUT2D eigenvalue weighted by molar-refractivity contribution is 5.90. The number of rotatable bonds is 5. The molecule has 3 heterocycles. The van der Waals surface area contributed by atoms with Crippen molar-refractivity contribution in [3.05, 3.63) is 59.2 Å². The zero-order valence-electron chi connectivity index (χ0n) is 18.1. The summed E-state index contributed by atoms with van der Waals surface area (Å²) in [6.07, 6.45) is 3.13. The molecule has 0 radical (unpaired) electrons. The van der Waals surface area contributed by atoms with E-state index >= 15 is 0 Å². The van der Waals surface area contributed by atoms with E-state index in [9.17, 15) is 4.79 Å². The summed E-state index contributed by atoms with van der Waals surface area (Å²) in [6.45, 7) is 4.61. The summed E-state index contributed by atoms with van der Waals surface area (Å²) in [5.74, 6) is 2.48. The van der Waals surface area contributed by atoms with Crippen molar-refractivity contribution in [2.24, 2.45) is 5.92 Å². The van der Waals surface area contributed by atoms with Gasteiger partial charge >= 0.3 is 0 Å². The number of benzene rings is 2. The molecule has 0 aliphatic carbocycles. The zero-order valence-corrected chi connectivity index (χ0v) is 18.1. The molecule has 1 spiro atoms. The molecule has 3 aliphatic heterocycles. The molecule has 0 saturated carbocycles. The number of carbonyl (C=O) groups excluding carboxylic acids is 1. The van der Waals surface area contributed by atoms with Gasteiger partial charge < -0.3 is 14.4 Å². The molecule has 0 N–H and O–H groups in total. The largest absolute Gasteiger partial charge is 0.497 e. The molecule has 158 valence electrons. The number of aryl methyl sites for hydroxylation is 1. The van der Waals surface area contributed by atoms with Crippen molar-refractivity contribution in [1.29, 1.82) is 0 Å². The van der Waals surface area contributed by atoms with E-state index in [4.69, 9.17) is 9.47 Å². The van der Waals surface area contributed by atoms with Crippen LogP contribution in [-0.2, 0) is 11.3 Å². The Morgan fingerprint density at radius 2 is 2.00 bits per heavy atom. The van der Waals surface area contributed by atoms with Gasteiger partial charge in [0.2, 0.25) is 5.91 Å². The standard InChI is InChI=1S/C25H30N2O3/c1-17-12-19(8-9-23(17)30-3)22-14-20-16-26(15-18-6-4-7-21(13-18)29-2)24(28)25(20)10-5-11-27(22)25/h4,6-9,12-13,20,22H,5,10-11,14-16H2,1-3H3/t20-,22-,25-/m0/s1. The predicted molar refractivity (Wildman–Crippen MR) is 116 cm³/mol. The van der Waals surface area contributed by atoms with Crippen molar-refractivity contribution in [2.75, 3.05) is 27.3 Å². The van der Waals surface area contributed by atoms with Gasteiger partial charge in [0.1, 0.15) is 17.0 Å². The van der Waals surface area contributed by atoms with Gasteiger partial charge in [0.15, 0.2) is 0 Å². The van der Waals surface area contributed by atoms with Crippen LogP contribution in [0.4, 0.5) is 0 Å². The number of likely N-dealkylation sites (tertiary alicyclic amines) is 1. The monoisotopic (exact) mass is 406 g/mol. The number of carbonyl (C=O) groups is 1. The molecule has 5 rings (SSSR count). The molecule has 5 nitrogen and oxygen atoms in total. The Balaban J connectivity index is 1.40. The summed E-state index contributed by atoms with van der Waals surface area (Å²) in [5.41, 5.74) is 3.30. The minimum Gasteiger partial charge on any atom is -0.497 e. The van der Waals surface area contributed by atoms with E-state index in [-0.39, 0.29) is 5.54 Å². The first-order valence-corrected chi connectivity index (χ1v) is 10.9. The van der Waals surface area contributed by atoms with Crippen LogP contribution in [0.25, 0.3) is 0 Å². The number of hydrogen-bond acceptors (Lipinski definition) is 4. The number of amides is 1. The van der Waals surface area contributed by atoms with Crippen LogP contribution in [0.5, 0.6) is 11.5 Å². The van der Waals surface area contributed by atoms with Crippen molar-refractivity contribution in [3.63, 3.8) is 0 Å². The minimum atomic E-state index is -0.308. The molecular weight excluding hydrogens is 376 g/mol. The Bertz CT molecular complexity index is 975. The van der Waals surface area contributed by atoms with Crippen LogP contribution in [0.15, 0.2) is 42.5 Å². The number of nitrogens with zero attached hydrogens (tertiary/aromatic N) is 2. The molecule has 1 amide bonds. The lowest BCUT2D eigenvalue weighted by Crippen LogP contribution is -2.49. The molecule has 0 bridgehead atoms. The lowest BCUT2D eigenvalue weighted by molar-refractivity contribution is -0.137. The quantitative estimate of drug-likeness (QED) is 0.754. The average Bonchev–Trinajstić information content (AvgIpc) is 3.39. The third-order valence-electron chi connectivity index (χ3n) is 7.44. The highest BCUT2D eigenvalue weighted by Gasteiger charge is 2.65. The third-order valence-corrected chi connectivity index (χ3v) is 7.44. The van der Waals surface area contributed by atoms with Gasteiger partial charge in [-0.15, -0.1) is 0 Å². The molecule has 30 heavy (non-hydrogen) atoms. The summed E-state index contributed by atoms with van der Waals surface area (Å²) < 4.78 is 10.8. The summed E-state index contributed by atoms with van der Waals surface area (Å²) in [7, 11) is 3.40. The van der Waals surface area contributed by atoms with Crippen molar-refractivity contribution < 1.29 is 14.3 Å². The molecule has 5 heteroatoms. The highest BCUT2D eigenvalue weighted by atomic mass is 16.5. The van der Waals surface area contributed by atoms with Crippen LogP contribution in [0.1, 0.15) is 42.0 Å². The molecule has 3 aliphatic rings. The van der Waals surface area contributed by atoms with Gasteiger partial charge in [-0.2, -0.15) is 0 Å². The van der Waals surface area contributed by atoms with Crippen LogP contribution in [0.2, 0.25) is 0 Å². The molecule has 2 aromatic carbocycles. The van der Waals surface area contributed by atoms with Crippen LogP contribution in [0.3, 0.4) is 0 Å². The van der Waals surface area contributed by atoms with Crippen molar-refractivity contribution in [1.82, 2.24) is 9.80 Å². The Hall–Kier alpha value is -2.53. The first kappa shape index (κ1) is 19.4. The molecule has 3 fully saturated rings. The van der Waals surface area contributed by atoms with E-state index in [2.05, 4.69) is 41.0 Å². The van der Waals surface area contributed by atoms with Gasteiger partial charge in [-0.05, 0) is 67.6 Å². The molecule has 3 atom stereocenters. The maximum absolute atomic E-state index is 13.7. The van der Waals surface area contributed by atoms with Crippen LogP contribution >= 0.6 is 0 Å². The van der Waals surface area contributed by atoms with E-state index in [1.165, 1.54) is 5.56 Å². The Morgan fingerprint density at radius 3 is 2.77 bits per heavy atom. The summed E-state index contributed by atoms with van der Waals surface area (Å²) in [6, 6.07) is 14.9.